The molecule has 0 aliphatic heterocycles. The zero-order valence-corrected chi connectivity index (χ0v) is 10.3. The van der Waals surface area contributed by atoms with Crippen LogP contribution < -0.4 is 0 Å². The fourth-order valence-electron chi connectivity index (χ4n) is 1.33. The second kappa shape index (κ2) is 6.78. The van der Waals surface area contributed by atoms with Crippen molar-refractivity contribution in [2.24, 2.45) is 4.99 Å². The first-order chi connectivity index (χ1) is 7.74. The van der Waals surface area contributed by atoms with Crippen LogP contribution in [-0.4, -0.2) is 12.3 Å². The molecule has 0 heterocycles. The van der Waals surface area contributed by atoms with Gasteiger partial charge in [-0.1, -0.05) is 54.1 Å². The average molecular weight is 213 g/mol. The van der Waals surface area contributed by atoms with Crippen LogP contribution in [0.25, 0.3) is 0 Å². The Kier molecular flexibility index (Phi) is 5.27. The second-order valence-electron chi connectivity index (χ2n) is 3.81. The minimum absolute atomic E-state index is 0.769. The normalized spacial score (nSPS) is 13.4. The van der Waals surface area contributed by atoms with Crippen LogP contribution >= 0.6 is 0 Å². The summed E-state index contributed by atoms with van der Waals surface area (Å²) in [7, 11) is 0. The van der Waals surface area contributed by atoms with Crippen molar-refractivity contribution in [1.82, 2.24) is 0 Å². The van der Waals surface area contributed by atoms with Crippen molar-refractivity contribution in [1.29, 1.82) is 0 Å². The molecule has 0 aliphatic rings. The number of hydrogen-bond donors (Lipinski definition) is 0. The smallest absolute Gasteiger partial charge is 0.0603 e. The monoisotopic (exact) mass is 213 g/mol. The molecular formula is C15H19N. The highest BCUT2D eigenvalue weighted by molar-refractivity contribution is 5.98. The van der Waals surface area contributed by atoms with Gasteiger partial charge >= 0.3 is 0 Å². The van der Waals surface area contributed by atoms with E-state index in [1.54, 1.807) is 0 Å². The van der Waals surface area contributed by atoms with Crippen LogP contribution in [0.15, 0.2) is 59.1 Å². The first kappa shape index (κ1) is 12.4. The maximum absolute atomic E-state index is 4.56. The van der Waals surface area contributed by atoms with E-state index in [0.717, 1.165) is 12.3 Å². The molecule has 0 fully saturated rings. The summed E-state index contributed by atoms with van der Waals surface area (Å²) in [5, 5.41) is 0. The molecule has 84 valence electrons. The van der Waals surface area contributed by atoms with Crippen LogP contribution in [-0.2, 0) is 0 Å². The molecule has 0 aliphatic carbocycles. The zero-order valence-electron chi connectivity index (χ0n) is 10.3. The van der Waals surface area contributed by atoms with E-state index in [2.05, 4.69) is 37.0 Å². The van der Waals surface area contributed by atoms with Crippen molar-refractivity contribution in [3.8, 4) is 0 Å². The van der Waals surface area contributed by atoms with Gasteiger partial charge in [-0.25, -0.2) is 0 Å². The van der Waals surface area contributed by atoms with E-state index >= 15 is 0 Å². The molecule has 1 heteroatoms. The Labute approximate surface area is 98.2 Å². The van der Waals surface area contributed by atoms with Gasteiger partial charge in [0.15, 0.2) is 0 Å². The first-order valence-corrected chi connectivity index (χ1v) is 5.59. The lowest BCUT2D eigenvalue weighted by Crippen LogP contribution is -1.96. The Bertz CT molecular complexity index is 397. The van der Waals surface area contributed by atoms with Crippen molar-refractivity contribution in [2.45, 2.75) is 20.8 Å². The molecule has 0 amide bonds. The van der Waals surface area contributed by atoms with Gasteiger partial charge in [0.25, 0.3) is 0 Å². The number of aliphatic imine (C=N–C) groups is 1. The van der Waals surface area contributed by atoms with E-state index in [1.165, 1.54) is 11.1 Å². The highest BCUT2D eigenvalue weighted by Crippen LogP contribution is 2.02. The third-order valence-corrected chi connectivity index (χ3v) is 2.33. The topological polar surface area (TPSA) is 12.4 Å². The van der Waals surface area contributed by atoms with Gasteiger partial charge < -0.3 is 0 Å². The van der Waals surface area contributed by atoms with E-state index in [-0.39, 0.29) is 0 Å². The number of hydrogen-bond acceptors (Lipinski definition) is 1. The third-order valence-electron chi connectivity index (χ3n) is 2.33. The minimum atomic E-state index is 0.769. The molecule has 1 rings (SSSR count). The van der Waals surface area contributed by atoms with Crippen molar-refractivity contribution in [2.75, 3.05) is 6.54 Å². The van der Waals surface area contributed by atoms with Crippen molar-refractivity contribution in [3.63, 3.8) is 0 Å². The van der Waals surface area contributed by atoms with Crippen LogP contribution in [0.3, 0.4) is 0 Å². The van der Waals surface area contributed by atoms with Gasteiger partial charge in [0, 0.05) is 5.71 Å². The van der Waals surface area contributed by atoms with Crippen molar-refractivity contribution in [3.05, 3.63) is 59.7 Å². The number of benzene rings is 1. The molecular weight excluding hydrogens is 194 g/mol. The lowest BCUT2D eigenvalue weighted by molar-refractivity contribution is 1.13. The van der Waals surface area contributed by atoms with E-state index in [4.69, 9.17) is 0 Å². The molecule has 0 atom stereocenters. The highest BCUT2D eigenvalue weighted by Gasteiger charge is 1.94. The molecule has 16 heavy (non-hydrogen) atoms. The van der Waals surface area contributed by atoms with Gasteiger partial charge in [-0.15, -0.1) is 0 Å². The number of rotatable bonds is 4. The van der Waals surface area contributed by atoms with Crippen LogP contribution in [0.2, 0.25) is 0 Å². The summed E-state index contributed by atoms with van der Waals surface area (Å²) >= 11 is 0. The predicted octanol–water partition coefficient (Wildman–Crippen LogP) is 4.02. The molecule has 0 radical (unpaired) electrons. The maximum Gasteiger partial charge on any atom is 0.0603 e. The van der Waals surface area contributed by atoms with Gasteiger partial charge in [0.2, 0.25) is 0 Å². The molecule has 0 aromatic heterocycles. The Morgan fingerprint density at radius 2 is 1.88 bits per heavy atom. The first-order valence-electron chi connectivity index (χ1n) is 5.59. The third kappa shape index (κ3) is 4.26. The van der Waals surface area contributed by atoms with E-state index in [0.29, 0.717) is 0 Å². The second-order valence-corrected chi connectivity index (χ2v) is 3.81. The predicted molar refractivity (Wildman–Crippen MR) is 72.1 cm³/mol. The number of nitrogens with zero attached hydrogens (tertiary/aromatic N) is 1. The summed E-state index contributed by atoms with van der Waals surface area (Å²) in [6.07, 6.45) is 6.17. The van der Waals surface area contributed by atoms with E-state index in [9.17, 15) is 0 Å². The standard InChI is InChI=1S/C15H19N/c1-4-5-9-13(2)12-16-14(3)15-10-7-6-8-11-15/h4-11H,12H2,1-3H3/b5-4-,13-9+,16-14?. The fraction of sp³-hybridized carbons (Fsp3) is 0.267. The molecule has 0 spiro atoms. The summed E-state index contributed by atoms with van der Waals surface area (Å²) in [6.45, 7) is 6.94. The van der Waals surface area contributed by atoms with Gasteiger partial charge in [0.05, 0.1) is 6.54 Å². The molecule has 0 bridgehead atoms. The van der Waals surface area contributed by atoms with E-state index < -0.39 is 0 Å². The lowest BCUT2D eigenvalue weighted by atomic mass is 10.1. The zero-order chi connectivity index (χ0) is 11.8. The molecule has 0 unspecified atom stereocenters. The fourth-order valence-corrected chi connectivity index (χ4v) is 1.33. The van der Waals surface area contributed by atoms with E-state index in [1.807, 2.05) is 37.3 Å². The Morgan fingerprint density at radius 1 is 1.19 bits per heavy atom. The Morgan fingerprint density at radius 3 is 2.50 bits per heavy atom. The lowest BCUT2D eigenvalue weighted by Gasteiger charge is -2.00. The number of allylic oxidation sites excluding steroid dienone is 3. The summed E-state index contributed by atoms with van der Waals surface area (Å²) in [5.41, 5.74) is 3.56. The minimum Gasteiger partial charge on any atom is -0.285 e. The van der Waals surface area contributed by atoms with Gasteiger partial charge in [0.1, 0.15) is 0 Å². The molecule has 0 saturated heterocycles. The highest BCUT2D eigenvalue weighted by atomic mass is 14.7. The maximum atomic E-state index is 4.56. The summed E-state index contributed by atoms with van der Waals surface area (Å²) in [6, 6.07) is 10.3. The largest absolute Gasteiger partial charge is 0.285 e. The average Bonchev–Trinajstić information content (AvgIpc) is 2.34. The van der Waals surface area contributed by atoms with Crippen molar-refractivity contribution < 1.29 is 0 Å². The van der Waals surface area contributed by atoms with Crippen molar-refractivity contribution >= 4 is 5.71 Å². The van der Waals surface area contributed by atoms with Gasteiger partial charge in [-0.2, -0.15) is 0 Å². The summed E-state index contributed by atoms with van der Waals surface area (Å²) in [5.74, 6) is 0. The molecule has 1 nitrogen and oxygen atoms in total. The quantitative estimate of drug-likeness (QED) is 0.529. The Balaban J connectivity index is 2.65. The van der Waals surface area contributed by atoms with Crippen LogP contribution in [0.1, 0.15) is 26.3 Å². The van der Waals surface area contributed by atoms with Crippen LogP contribution in [0.4, 0.5) is 0 Å². The molecule has 0 N–H and O–H groups in total. The van der Waals surface area contributed by atoms with Gasteiger partial charge in [-0.3, -0.25) is 4.99 Å². The van der Waals surface area contributed by atoms with Crippen LogP contribution in [0, 0.1) is 0 Å². The summed E-state index contributed by atoms with van der Waals surface area (Å²) < 4.78 is 0. The van der Waals surface area contributed by atoms with Crippen LogP contribution in [0.5, 0.6) is 0 Å². The molecule has 1 aromatic carbocycles. The molecule has 1 aromatic rings. The Hall–Kier alpha value is -1.63. The molecule has 0 saturated carbocycles. The summed E-state index contributed by atoms with van der Waals surface area (Å²) in [4.78, 5) is 4.56. The van der Waals surface area contributed by atoms with Gasteiger partial charge in [-0.05, 0) is 26.3 Å². The SMILES string of the molecule is C/C=C\C=C(/C)CN=C(C)c1ccccc1.